The molecule has 3 N–H and O–H groups in total. The van der Waals surface area contributed by atoms with Crippen molar-refractivity contribution in [2.75, 3.05) is 13.6 Å². The number of halogens is 1. The number of hydrogen-bond donors (Lipinski definition) is 3. The van der Waals surface area contributed by atoms with Crippen LogP contribution in [0.4, 0.5) is 4.39 Å². The first kappa shape index (κ1) is 23.5. The van der Waals surface area contributed by atoms with Gasteiger partial charge in [-0.05, 0) is 80.0 Å². The van der Waals surface area contributed by atoms with Crippen molar-refractivity contribution in [2.24, 2.45) is 16.3 Å². The molecule has 0 aromatic heterocycles. The van der Waals surface area contributed by atoms with Crippen LogP contribution in [-0.4, -0.2) is 53.4 Å². The summed E-state index contributed by atoms with van der Waals surface area (Å²) in [7, 11) is 1.89. The van der Waals surface area contributed by atoms with Crippen molar-refractivity contribution in [2.45, 2.75) is 58.8 Å². The number of allylic oxidation sites excluding steroid dienone is 1. The molecule has 1 saturated heterocycles. The predicted molar refractivity (Wildman–Crippen MR) is 132 cm³/mol. The first-order valence-electron chi connectivity index (χ1n) is 12.2. The zero-order valence-corrected chi connectivity index (χ0v) is 20.7. The predicted octanol–water partition coefficient (Wildman–Crippen LogP) is 2.50. The van der Waals surface area contributed by atoms with E-state index in [-0.39, 0.29) is 35.6 Å². The van der Waals surface area contributed by atoms with Crippen molar-refractivity contribution >= 4 is 23.2 Å². The minimum absolute atomic E-state index is 0.0295. The molecule has 5 rings (SSSR count). The Morgan fingerprint density at radius 1 is 1.31 bits per heavy atom. The van der Waals surface area contributed by atoms with Crippen molar-refractivity contribution in [1.29, 1.82) is 0 Å². The molecule has 1 saturated carbocycles. The van der Waals surface area contributed by atoms with Gasteiger partial charge in [0.2, 0.25) is 12.1 Å². The topological polar surface area (TPSA) is 89.1 Å². The summed E-state index contributed by atoms with van der Waals surface area (Å²) in [5, 5.41) is 7.79. The number of benzene rings is 1. The summed E-state index contributed by atoms with van der Waals surface area (Å²) in [5.41, 5.74) is 5.99. The highest BCUT2D eigenvalue weighted by molar-refractivity contribution is 6.09. The van der Waals surface area contributed by atoms with Gasteiger partial charge in [0.1, 0.15) is 11.7 Å². The number of amides is 2. The molecule has 2 amide bonds. The number of likely N-dealkylation sites (tertiary alicyclic amines) is 1. The molecular formula is C26H33FN6O2. The number of nitrogens with one attached hydrogen (secondary N) is 3. The molecule has 1 aliphatic carbocycles. The minimum atomic E-state index is -0.855. The second-order valence-corrected chi connectivity index (χ2v) is 10.4. The fourth-order valence-electron chi connectivity index (χ4n) is 5.50. The van der Waals surface area contributed by atoms with Crippen LogP contribution < -0.4 is 16.1 Å². The van der Waals surface area contributed by atoms with Gasteiger partial charge in [-0.2, -0.15) is 0 Å². The third kappa shape index (κ3) is 4.57. The van der Waals surface area contributed by atoms with E-state index in [0.717, 1.165) is 36.1 Å². The summed E-state index contributed by atoms with van der Waals surface area (Å²) in [6.45, 7) is 6.76. The summed E-state index contributed by atoms with van der Waals surface area (Å²) >= 11 is 0. The molecule has 3 atom stereocenters. The van der Waals surface area contributed by atoms with Crippen LogP contribution in [0.5, 0.6) is 0 Å². The van der Waals surface area contributed by atoms with Crippen molar-refractivity contribution in [3.8, 4) is 0 Å². The molecule has 35 heavy (non-hydrogen) atoms. The Morgan fingerprint density at radius 2 is 2.09 bits per heavy atom. The molecule has 1 aromatic carbocycles. The number of rotatable bonds is 5. The van der Waals surface area contributed by atoms with Crippen molar-refractivity contribution in [3.63, 3.8) is 0 Å². The molecule has 0 radical (unpaired) electrons. The summed E-state index contributed by atoms with van der Waals surface area (Å²) < 4.78 is 14.3. The fourth-order valence-corrected chi connectivity index (χ4v) is 5.50. The molecule has 0 bridgehead atoms. The zero-order chi connectivity index (χ0) is 24.9. The molecule has 4 aliphatic rings. The van der Waals surface area contributed by atoms with Crippen LogP contribution in [0.25, 0.3) is 5.57 Å². The average Bonchev–Trinajstić information content (AvgIpc) is 3.53. The quantitative estimate of drug-likeness (QED) is 0.603. The third-order valence-electron chi connectivity index (χ3n) is 7.48. The average molecular weight is 481 g/mol. The van der Waals surface area contributed by atoms with Gasteiger partial charge in [-0.25, -0.2) is 14.8 Å². The molecule has 186 valence electrons. The van der Waals surface area contributed by atoms with E-state index in [0.29, 0.717) is 23.9 Å². The van der Waals surface area contributed by atoms with Crippen molar-refractivity contribution < 1.29 is 14.0 Å². The third-order valence-corrected chi connectivity index (χ3v) is 7.48. The normalized spacial score (nSPS) is 28.5. The minimum Gasteiger partial charge on any atom is -0.360 e. The summed E-state index contributed by atoms with van der Waals surface area (Å²) in [6.07, 6.45) is 5.90. The number of hydrogen-bond acceptors (Lipinski definition) is 6. The van der Waals surface area contributed by atoms with Crippen LogP contribution in [0.15, 0.2) is 41.2 Å². The van der Waals surface area contributed by atoms with Gasteiger partial charge in [-0.3, -0.25) is 14.5 Å². The standard InChI is InChI=1S/C26H33FN6O2/c1-15-7-22(33-16(2)11-26(3,25(33)35)20-5-6-20)31-23(30-15)24(34)28-12-17-8-18(10-21(27)9-17)19-13-29-32(4)14-19/h7-10,14,16,20,23,29-30H,5-6,11-13H2,1-4H3,(H,28,34)/t16?,23?,26-/m0/s1. The molecule has 8 nitrogen and oxygen atoms in total. The van der Waals surface area contributed by atoms with Gasteiger partial charge >= 0.3 is 0 Å². The maximum atomic E-state index is 14.3. The van der Waals surface area contributed by atoms with E-state index in [1.807, 2.05) is 44.2 Å². The Morgan fingerprint density at radius 3 is 2.77 bits per heavy atom. The lowest BCUT2D eigenvalue weighted by Crippen LogP contribution is -2.48. The largest absolute Gasteiger partial charge is 0.360 e. The molecule has 1 aromatic rings. The lowest BCUT2D eigenvalue weighted by molar-refractivity contribution is -0.133. The number of amidine groups is 1. The summed E-state index contributed by atoms with van der Waals surface area (Å²) in [5.74, 6) is 0.399. The smallest absolute Gasteiger partial charge is 0.265 e. The van der Waals surface area contributed by atoms with Gasteiger partial charge < -0.3 is 15.6 Å². The number of aliphatic imine (C=N–C) groups is 1. The number of carbonyl (C=O) groups is 2. The van der Waals surface area contributed by atoms with Gasteiger partial charge in [-0.15, -0.1) is 0 Å². The lowest BCUT2D eigenvalue weighted by atomic mass is 9.82. The van der Waals surface area contributed by atoms with Gasteiger partial charge in [0.05, 0.1) is 5.41 Å². The first-order valence-corrected chi connectivity index (χ1v) is 12.2. The zero-order valence-electron chi connectivity index (χ0n) is 20.7. The van der Waals surface area contributed by atoms with Crippen molar-refractivity contribution in [1.82, 2.24) is 26.0 Å². The van der Waals surface area contributed by atoms with Gasteiger partial charge in [0, 0.05) is 38.1 Å². The Hall–Kier alpha value is -3.20. The lowest BCUT2D eigenvalue weighted by Gasteiger charge is -2.29. The highest BCUT2D eigenvalue weighted by atomic mass is 19.1. The highest BCUT2D eigenvalue weighted by Crippen LogP contribution is 2.53. The SMILES string of the molecule is CC1=CC(N2C(=O)[C@](C)(C3CC3)CC2C)=NC(C(=O)NCc2cc(F)cc(C3=CN(C)NC3)c2)N1. The molecule has 3 aliphatic heterocycles. The Kier molecular flexibility index (Phi) is 5.91. The van der Waals surface area contributed by atoms with Crippen LogP contribution in [0.1, 0.15) is 51.2 Å². The Balaban J connectivity index is 1.29. The van der Waals surface area contributed by atoms with E-state index in [1.165, 1.54) is 12.1 Å². The van der Waals surface area contributed by atoms with E-state index >= 15 is 0 Å². The van der Waals surface area contributed by atoms with E-state index in [9.17, 15) is 14.0 Å². The number of nitrogens with zero attached hydrogens (tertiary/aromatic N) is 3. The maximum Gasteiger partial charge on any atom is 0.265 e. The molecule has 3 heterocycles. The fraction of sp³-hybridized carbons (Fsp3) is 0.500. The molecular weight excluding hydrogens is 447 g/mol. The number of carbonyl (C=O) groups excluding carboxylic acids is 2. The van der Waals surface area contributed by atoms with Crippen molar-refractivity contribution in [3.05, 3.63) is 53.1 Å². The summed E-state index contributed by atoms with van der Waals surface area (Å²) in [6, 6.07) is 4.83. The van der Waals surface area contributed by atoms with Crippen LogP contribution >= 0.6 is 0 Å². The molecule has 2 unspecified atom stereocenters. The molecule has 0 spiro atoms. The van der Waals surface area contributed by atoms with Gasteiger partial charge in [-0.1, -0.05) is 6.92 Å². The molecule has 2 fully saturated rings. The Labute approximate surface area is 205 Å². The van der Waals surface area contributed by atoms with Crippen LogP contribution in [0.3, 0.4) is 0 Å². The Bertz CT molecular complexity index is 1160. The van der Waals surface area contributed by atoms with E-state index in [4.69, 9.17) is 0 Å². The first-order chi connectivity index (χ1) is 16.6. The second kappa shape index (κ2) is 8.78. The summed E-state index contributed by atoms with van der Waals surface area (Å²) in [4.78, 5) is 32.7. The van der Waals surface area contributed by atoms with Gasteiger partial charge in [0.15, 0.2) is 0 Å². The van der Waals surface area contributed by atoms with Crippen LogP contribution in [0.2, 0.25) is 0 Å². The van der Waals surface area contributed by atoms with Gasteiger partial charge in [0.25, 0.3) is 5.91 Å². The van der Waals surface area contributed by atoms with Crippen LogP contribution in [0, 0.1) is 17.2 Å². The van der Waals surface area contributed by atoms with E-state index in [1.54, 1.807) is 4.90 Å². The monoisotopic (exact) mass is 480 g/mol. The van der Waals surface area contributed by atoms with E-state index in [2.05, 4.69) is 28.0 Å². The van der Waals surface area contributed by atoms with Crippen LogP contribution in [-0.2, 0) is 16.1 Å². The van der Waals surface area contributed by atoms with E-state index < -0.39 is 6.17 Å². The number of hydrazine groups is 1. The second-order valence-electron chi connectivity index (χ2n) is 10.4. The maximum absolute atomic E-state index is 14.3. The molecule has 9 heteroatoms. The highest BCUT2D eigenvalue weighted by Gasteiger charge is 2.55.